The van der Waals surface area contributed by atoms with Gasteiger partial charge in [0.05, 0.1) is 13.0 Å². The van der Waals surface area contributed by atoms with Crippen molar-refractivity contribution in [3.8, 4) is 0 Å². The van der Waals surface area contributed by atoms with Crippen LogP contribution in [0.2, 0.25) is 0 Å². The Balaban J connectivity index is 2.32. The molecular weight excluding hydrogens is 284 g/mol. The second kappa shape index (κ2) is 8.82. The zero-order chi connectivity index (χ0) is 15.9. The monoisotopic (exact) mass is 314 g/mol. The minimum Gasteiger partial charge on any atom is -0.466 e. The van der Waals surface area contributed by atoms with Gasteiger partial charge in [-0.3, -0.25) is 9.59 Å². The lowest BCUT2D eigenvalue weighted by Crippen LogP contribution is -2.38. The molecule has 0 aromatic heterocycles. The van der Waals surface area contributed by atoms with E-state index in [0.29, 0.717) is 31.1 Å². The van der Waals surface area contributed by atoms with E-state index in [9.17, 15) is 9.59 Å². The molecule has 1 aliphatic carbocycles. The molecule has 3 nitrogen and oxygen atoms in total. The zero-order valence-electron chi connectivity index (χ0n) is 13.9. The first-order valence-corrected chi connectivity index (χ1v) is 9.17. The van der Waals surface area contributed by atoms with E-state index in [1.165, 1.54) is 0 Å². The van der Waals surface area contributed by atoms with E-state index in [1.54, 1.807) is 11.8 Å². The Morgan fingerprint density at radius 2 is 2.10 bits per heavy atom. The highest BCUT2D eigenvalue weighted by Crippen LogP contribution is 2.40. The number of esters is 1. The summed E-state index contributed by atoms with van der Waals surface area (Å²) in [6.45, 7) is 9.04. The lowest BCUT2D eigenvalue weighted by atomic mass is 9.76. The van der Waals surface area contributed by atoms with Gasteiger partial charge in [-0.1, -0.05) is 20.3 Å². The third-order valence-corrected chi connectivity index (χ3v) is 5.70. The van der Waals surface area contributed by atoms with E-state index in [1.807, 2.05) is 0 Å². The highest BCUT2D eigenvalue weighted by atomic mass is 32.2. The van der Waals surface area contributed by atoms with Crippen LogP contribution >= 0.6 is 11.8 Å². The topological polar surface area (TPSA) is 43.4 Å². The van der Waals surface area contributed by atoms with Crippen molar-refractivity contribution in [2.24, 2.45) is 11.8 Å². The highest BCUT2D eigenvalue weighted by Gasteiger charge is 2.38. The van der Waals surface area contributed by atoms with E-state index in [2.05, 4.69) is 27.7 Å². The molecule has 0 radical (unpaired) electrons. The van der Waals surface area contributed by atoms with Gasteiger partial charge in [0.1, 0.15) is 5.78 Å². The van der Waals surface area contributed by atoms with Gasteiger partial charge in [0.2, 0.25) is 0 Å². The number of unbranched alkanes of at least 4 members (excludes halogenated alkanes) is 1. The van der Waals surface area contributed by atoms with Crippen molar-refractivity contribution in [3.05, 3.63) is 0 Å². The number of thioether (sulfide) groups is 1. The summed E-state index contributed by atoms with van der Waals surface area (Å²) in [5.41, 5.74) is 0. The largest absolute Gasteiger partial charge is 0.466 e. The number of Topliss-reactive ketones (excluding diaryl/α,β-unsaturated/α-hetero) is 1. The first-order chi connectivity index (χ1) is 9.86. The van der Waals surface area contributed by atoms with E-state index < -0.39 is 0 Å². The second-order valence-electron chi connectivity index (χ2n) is 6.68. The number of rotatable bonds is 8. The molecule has 1 fully saturated rings. The average Bonchev–Trinajstić information content (AvgIpc) is 2.38. The number of hydrogen-bond donors (Lipinski definition) is 0. The van der Waals surface area contributed by atoms with E-state index >= 15 is 0 Å². The minimum absolute atomic E-state index is 0.0824. The van der Waals surface area contributed by atoms with Crippen LogP contribution in [0.15, 0.2) is 0 Å². The van der Waals surface area contributed by atoms with E-state index in [0.717, 1.165) is 31.4 Å². The molecule has 1 aliphatic rings. The van der Waals surface area contributed by atoms with Crippen molar-refractivity contribution in [1.29, 1.82) is 0 Å². The fourth-order valence-electron chi connectivity index (χ4n) is 2.84. The summed E-state index contributed by atoms with van der Waals surface area (Å²) in [6.07, 6.45) is 5.25. The van der Waals surface area contributed by atoms with Gasteiger partial charge in [-0.25, -0.2) is 0 Å². The van der Waals surface area contributed by atoms with Crippen molar-refractivity contribution in [2.75, 3.05) is 12.4 Å². The number of carbonyl (C=O) groups excluding carboxylic acids is 2. The van der Waals surface area contributed by atoms with E-state index in [4.69, 9.17) is 4.74 Å². The van der Waals surface area contributed by atoms with Crippen molar-refractivity contribution in [1.82, 2.24) is 0 Å². The number of ether oxygens (including phenoxy) is 1. The molecule has 0 heterocycles. The molecule has 122 valence electrons. The summed E-state index contributed by atoms with van der Waals surface area (Å²) in [6, 6.07) is 0. The number of ketones is 1. The Kier molecular flexibility index (Phi) is 7.78. The van der Waals surface area contributed by atoms with Crippen molar-refractivity contribution in [2.45, 2.75) is 71.0 Å². The molecular formula is C17H30O3S. The van der Waals surface area contributed by atoms with E-state index in [-0.39, 0.29) is 16.6 Å². The van der Waals surface area contributed by atoms with Gasteiger partial charge in [-0.05, 0) is 39.0 Å². The molecule has 0 aromatic carbocycles. The lowest BCUT2D eigenvalue weighted by Gasteiger charge is -2.37. The van der Waals surface area contributed by atoms with Crippen LogP contribution in [0.25, 0.3) is 0 Å². The fraction of sp³-hybridized carbons (Fsp3) is 0.882. The maximum absolute atomic E-state index is 12.2. The summed E-state index contributed by atoms with van der Waals surface area (Å²) in [4.78, 5) is 23.8. The van der Waals surface area contributed by atoms with Gasteiger partial charge in [-0.2, -0.15) is 11.8 Å². The van der Waals surface area contributed by atoms with Gasteiger partial charge in [0.15, 0.2) is 0 Å². The molecule has 0 amide bonds. The summed E-state index contributed by atoms with van der Waals surface area (Å²) in [5.74, 6) is 1.68. The van der Waals surface area contributed by atoms with Crippen molar-refractivity contribution < 1.29 is 14.3 Å². The number of hydrogen-bond acceptors (Lipinski definition) is 4. The maximum Gasteiger partial charge on any atom is 0.306 e. The third kappa shape index (κ3) is 6.41. The maximum atomic E-state index is 12.2. The molecule has 0 saturated heterocycles. The standard InChI is InChI=1S/C17H30O3S/c1-5-6-10-20-16(19)9-11-21-17(3,4)14-8-7-13(2)12-15(14)18/h13-14H,5-12H2,1-4H3. The van der Waals surface area contributed by atoms with Crippen LogP contribution in [0.1, 0.15) is 66.2 Å². The van der Waals surface area contributed by atoms with Gasteiger partial charge >= 0.3 is 5.97 Å². The molecule has 0 bridgehead atoms. The second-order valence-corrected chi connectivity index (χ2v) is 8.43. The van der Waals surface area contributed by atoms with Gasteiger partial charge in [0.25, 0.3) is 0 Å². The Morgan fingerprint density at radius 3 is 2.71 bits per heavy atom. The van der Waals surface area contributed by atoms with Crippen LogP contribution < -0.4 is 0 Å². The fourth-order valence-corrected chi connectivity index (χ4v) is 4.08. The predicted molar refractivity (Wildman–Crippen MR) is 88.5 cm³/mol. The smallest absolute Gasteiger partial charge is 0.306 e. The predicted octanol–water partition coefficient (Wildman–Crippen LogP) is 4.24. The van der Waals surface area contributed by atoms with Crippen LogP contribution in [-0.4, -0.2) is 28.9 Å². The van der Waals surface area contributed by atoms with Gasteiger partial charge in [0, 0.05) is 22.8 Å². The molecule has 0 spiro atoms. The first kappa shape index (κ1) is 18.5. The Labute approximate surface area is 133 Å². The third-order valence-electron chi connectivity index (χ3n) is 4.27. The van der Waals surface area contributed by atoms with Crippen molar-refractivity contribution in [3.63, 3.8) is 0 Å². The molecule has 2 atom stereocenters. The lowest BCUT2D eigenvalue weighted by molar-refractivity contribution is -0.143. The normalized spacial score (nSPS) is 23.1. The van der Waals surface area contributed by atoms with Crippen LogP contribution in [0.3, 0.4) is 0 Å². The molecule has 0 aromatic rings. The Hall–Kier alpha value is -0.510. The highest BCUT2D eigenvalue weighted by molar-refractivity contribution is 8.00. The first-order valence-electron chi connectivity index (χ1n) is 8.19. The summed E-state index contributed by atoms with van der Waals surface area (Å²) in [5, 5.41) is 0. The quantitative estimate of drug-likeness (QED) is 0.496. The molecule has 1 rings (SSSR count). The molecule has 2 unspecified atom stereocenters. The summed E-state index contributed by atoms with van der Waals surface area (Å²) < 4.78 is 5.08. The minimum atomic E-state index is -0.115. The zero-order valence-corrected chi connectivity index (χ0v) is 14.8. The van der Waals surface area contributed by atoms with Gasteiger partial charge in [-0.15, -0.1) is 0 Å². The molecule has 21 heavy (non-hydrogen) atoms. The molecule has 1 saturated carbocycles. The number of carbonyl (C=O) groups is 2. The van der Waals surface area contributed by atoms with Crippen LogP contribution in [0.4, 0.5) is 0 Å². The Bertz CT molecular complexity index is 352. The molecule has 0 N–H and O–H groups in total. The van der Waals surface area contributed by atoms with Crippen LogP contribution in [0, 0.1) is 11.8 Å². The van der Waals surface area contributed by atoms with Crippen LogP contribution in [-0.2, 0) is 14.3 Å². The molecule has 0 aliphatic heterocycles. The summed E-state index contributed by atoms with van der Waals surface area (Å²) >= 11 is 1.74. The summed E-state index contributed by atoms with van der Waals surface area (Å²) in [7, 11) is 0. The SMILES string of the molecule is CCCCOC(=O)CCSC(C)(C)C1CCC(C)CC1=O. The van der Waals surface area contributed by atoms with Crippen molar-refractivity contribution >= 4 is 23.5 Å². The Morgan fingerprint density at radius 1 is 1.38 bits per heavy atom. The van der Waals surface area contributed by atoms with Gasteiger partial charge < -0.3 is 4.74 Å². The van der Waals surface area contributed by atoms with Crippen LogP contribution in [0.5, 0.6) is 0 Å². The average molecular weight is 314 g/mol. The molecule has 4 heteroatoms.